The predicted molar refractivity (Wildman–Crippen MR) is 141 cm³/mol. The molecule has 0 unspecified atom stereocenters. The van der Waals surface area contributed by atoms with Gasteiger partial charge in [-0.3, -0.25) is 0 Å². The first-order chi connectivity index (χ1) is 16.6. The molecule has 170 valence electrons. The fourth-order valence-corrected chi connectivity index (χ4v) is 8.78. The molecule has 1 saturated carbocycles. The molecule has 0 aliphatic heterocycles. The topological polar surface area (TPSA) is 3.88 Å². The third-order valence-electron chi connectivity index (χ3n) is 7.55. The van der Waals surface area contributed by atoms with Crippen LogP contribution in [0.3, 0.4) is 0 Å². The molecule has 1 aliphatic rings. The van der Waals surface area contributed by atoms with E-state index in [0.717, 1.165) is 11.1 Å². The van der Waals surface area contributed by atoms with Crippen LogP contribution in [0.4, 0.5) is 4.39 Å². The van der Waals surface area contributed by atoms with Crippen molar-refractivity contribution < 1.29 is 8.96 Å². The van der Waals surface area contributed by atoms with Gasteiger partial charge in [-0.25, -0.2) is 0 Å². The molecule has 3 aromatic carbocycles. The Morgan fingerprint density at radius 3 is 2.24 bits per heavy atom. The van der Waals surface area contributed by atoms with Gasteiger partial charge >= 0.3 is 207 Å². The molecule has 0 N–H and O–H groups in total. The van der Waals surface area contributed by atoms with E-state index in [0.29, 0.717) is 5.92 Å². The molecule has 0 spiro atoms. The number of rotatable bonds is 3. The number of aromatic nitrogens is 1. The van der Waals surface area contributed by atoms with E-state index in [1.54, 1.807) is 6.07 Å². The van der Waals surface area contributed by atoms with Crippen molar-refractivity contribution in [2.45, 2.75) is 44.9 Å². The Labute approximate surface area is 206 Å². The van der Waals surface area contributed by atoms with Gasteiger partial charge < -0.3 is 0 Å². The molecule has 0 amide bonds. The van der Waals surface area contributed by atoms with Crippen LogP contribution in [0.1, 0.15) is 49.1 Å². The molecule has 34 heavy (non-hydrogen) atoms. The minimum absolute atomic E-state index is 0.0360. The van der Waals surface area contributed by atoms with Crippen molar-refractivity contribution in [3.05, 3.63) is 89.9 Å². The zero-order chi connectivity index (χ0) is 23.2. The van der Waals surface area contributed by atoms with Crippen molar-refractivity contribution in [1.82, 2.24) is 0 Å². The van der Waals surface area contributed by atoms with E-state index >= 15 is 4.39 Å². The van der Waals surface area contributed by atoms with Gasteiger partial charge in [-0.1, -0.05) is 0 Å². The molecule has 0 atom stereocenters. The molecule has 0 saturated heterocycles. The normalized spacial score (nSPS) is 14.8. The van der Waals surface area contributed by atoms with E-state index < -0.39 is 0 Å². The van der Waals surface area contributed by atoms with Crippen molar-refractivity contribution in [3.63, 3.8) is 0 Å². The van der Waals surface area contributed by atoms with Crippen molar-refractivity contribution in [3.8, 4) is 22.4 Å². The molecule has 5 aromatic rings. The van der Waals surface area contributed by atoms with Gasteiger partial charge in [0.25, 0.3) is 0 Å². The number of aryl methyl sites for hydroxylation is 2. The van der Waals surface area contributed by atoms with Crippen LogP contribution in [0.15, 0.2) is 72.9 Å². The van der Waals surface area contributed by atoms with E-state index in [4.69, 9.17) is 0 Å². The summed E-state index contributed by atoms with van der Waals surface area (Å²) in [4.78, 5) is 0. The molecule has 1 fully saturated rings. The molecule has 0 bridgehead atoms. The van der Waals surface area contributed by atoms with Gasteiger partial charge in [-0.2, -0.15) is 0 Å². The maximum atomic E-state index is 15.4. The summed E-state index contributed by atoms with van der Waals surface area (Å²) in [6, 6.07) is 23.3. The fraction of sp³-hybridized carbons (Fsp3) is 0.258. The second kappa shape index (κ2) is 8.80. The number of halogens is 1. The first kappa shape index (κ1) is 21.8. The summed E-state index contributed by atoms with van der Waals surface area (Å²) >= 11 is 0.0360. The molecule has 0 radical (unpaired) electrons. The van der Waals surface area contributed by atoms with Crippen molar-refractivity contribution >= 4 is 33.8 Å². The Bertz CT molecular complexity index is 1510. The molecule has 1 nitrogen and oxygen atoms in total. The molecular formula is C31H29FNSe+. The summed E-state index contributed by atoms with van der Waals surface area (Å²) in [5, 5.41) is 2.46. The predicted octanol–water partition coefficient (Wildman–Crippen LogP) is 7.70. The Morgan fingerprint density at radius 1 is 0.794 bits per heavy atom. The van der Waals surface area contributed by atoms with Crippen LogP contribution in [-0.4, -0.2) is 14.5 Å². The van der Waals surface area contributed by atoms with Crippen LogP contribution in [0, 0.1) is 12.7 Å². The summed E-state index contributed by atoms with van der Waals surface area (Å²) in [6.45, 7) is 2.19. The minimum atomic E-state index is -0.109. The zero-order valence-corrected chi connectivity index (χ0v) is 21.5. The number of hydrogen-bond acceptors (Lipinski definition) is 0. The van der Waals surface area contributed by atoms with Gasteiger partial charge in [-0.05, 0) is 0 Å². The zero-order valence-electron chi connectivity index (χ0n) is 19.8. The molecule has 6 rings (SSSR count). The Balaban J connectivity index is 1.54. The van der Waals surface area contributed by atoms with Gasteiger partial charge in [0.2, 0.25) is 0 Å². The summed E-state index contributed by atoms with van der Waals surface area (Å²) in [6.07, 6.45) is 8.69. The van der Waals surface area contributed by atoms with Crippen LogP contribution >= 0.6 is 0 Å². The summed E-state index contributed by atoms with van der Waals surface area (Å²) in [7, 11) is 2.10. The van der Waals surface area contributed by atoms with E-state index in [1.807, 2.05) is 6.07 Å². The van der Waals surface area contributed by atoms with E-state index in [2.05, 4.69) is 79.3 Å². The van der Waals surface area contributed by atoms with Gasteiger partial charge in [0.15, 0.2) is 0 Å². The summed E-state index contributed by atoms with van der Waals surface area (Å²) < 4.78 is 20.1. The maximum absolute atomic E-state index is 15.4. The second-order valence-electron chi connectivity index (χ2n) is 9.69. The van der Waals surface area contributed by atoms with Crippen LogP contribution in [0.5, 0.6) is 0 Å². The monoisotopic (exact) mass is 514 g/mol. The fourth-order valence-electron chi connectivity index (χ4n) is 5.71. The average Bonchev–Trinajstić information content (AvgIpc) is 3.24. The Kier molecular flexibility index (Phi) is 5.63. The Hall–Kier alpha value is -2.74. The van der Waals surface area contributed by atoms with Gasteiger partial charge in [-0.15, -0.1) is 0 Å². The van der Waals surface area contributed by atoms with E-state index in [1.165, 1.54) is 73.8 Å². The summed E-state index contributed by atoms with van der Waals surface area (Å²) in [5.74, 6) is 0.558. The van der Waals surface area contributed by atoms with Crippen LogP contribution in [0.25, 0.3) is 41.7 Å². The second-order valence-corrected chi connectivity index (χ2v) is 11.8. The molecule has 2 aromatic heterocycles. The number of benzene rings is 3. The average molecular weight is 514 g/mol. The quantitative estimate of drug-likeness (QED) is 0.172. The van der Waals surface area contributed by atoms with Crippen LogP contribution < -0.4 is 4.57 Å². The SMILES string of the molecule is Cc1ccc2c([se]c3c(-c4ccc(C5CCCCC5)cc4)c(F)ccc32)c1-c1cccc[n+]1C. The summed E-state index contributed by atoms with van der Waals surface area (Å²) in [5.41, 5.74) is 7.01. The molecular weight excluding hydrogens is 484 g/mol. The number of hydrogen-bond donors (Lipinski definition) is 0. The molecule has 1 aliphatic carbocycles. The van der Waals surface area contributed by atoms with Gasteiger partial charge in [0.1, 0.15) is 0 Å². The van der Waals surface area contributed by atoms with Crippen molar-refractivity contribution in [2.24, 2.45) is 7.05 Å². The van der Waals surface area contributed by atoms with E-state index in [-0.39, 0.29) is 20.3 Å². The number of nitrogens with zero attached hydrogens (tertiary/aromatic N) is 1. The van der Waals surface area contributed by atoms with Gasteiger partial charge in [0.05, 0.1) is 0 Å². The van der Waals surface area contributed by atoms with E-state index in [9.17, 15) is 0 Å². The third kappa shape index (κ3) is 3.63. The molecule has 2 heterocycles. The van der Waals surface area contributed by atoms with Crippen LogP contribution in [0.2, 0.25) is 0 Å². The van der Waals surface area contributed by atoms with Crippen LogP contribution in [-0.2, 0) is 7.05 Å². The van der Waals surface area contributed by atoms with Crippen molar-refractivity contribution in [2.75, 3.05) is 0 Å². The molecule has 3 heteroatoms. The number of fused-ring (bicyclic) bond motifs is 3. The number of pyridine rings is 1. The Morgan fingerprint density at radius 2 is 1.50 bits per heavy atom. The first-order valence-electron chi connectivity index (χ1n) is 12.3. The third-order valence-corrected chi connectivity index (χ3v) is 10.2. The first-order valence-corrected chi connectivity index (χ1v) is 14.0. The standard InChI is InChI=1S/C31H29FNSe/c1-20-11-16-24-25-17-18-26(32)29(23-14-12-22(13-15-23)21-8-4-3-5-9-21)31(25)34-30(24)28(20)27-10-6-7-19-33(27)2/h6-7,10-19,21H,3-5,8-9H2,1-2H3/q+1. The van der Waals surface area contributed by atoms with Gasteiger partial charge in [0, 0.05) is 0 Å². The van der Waals surface area contributed by atoms with Crippen molar-refractivity contribution in [1.29, 1.82) is 0 Å².